The van der Waals surface area contributed by atoms with E-state index in [1.165, 1.54) is 23.1 Å². The second-order valence-corrected chi connectivity index (χ2v) is 5.67. The van der Waals surface area contributed by atoms with Crippen LogP contribution < -0.4 is 16.8 Å². The molecule has 10 heteroatoms. The number of hydrogen-bond donors (Lipinski definition) is 3. The van der Waals surface area contributed by atoms with Crippen LogP contribution in [0.4, 0.5) is 11.4 Å². The first-order valence-electron chi connectivity index (χ1n) is 7.75. The van der Waals surface area contributed by atoms with E-state index < -0.39 is 10.8 Å². The highest BCUT2D eigenvalue weighted by atomic mass is 35.5. The number of nitro benzene ring substituents is 1. The van der Waals surface area contributed by atoms with Crippen molar-refractivity contribution in [3.05, 3.63) is 33.9 Å². The van der Waals surface area contributed by atoms with E-state index in [1.54, 1.807) is 0 Å². The van der Waals surface area contributed by atoms with Crippen molar-refractivity contribution in [3.63, 3.8) is 0 Å². The minimum atomic E-state index is -0.620. The molecule has 1 unspecified atom stereocenters. The molecule has 1 atom stereocenters. The van der Waals surface area contributed by atoms with Crippen molar-refractivity contribution < 1.29 is 14.5 Å². The number of para-hydroxylation sites is 1. The fourth-order valence-electron chi connectivity index (χ4n) is 2.78. The number of hydrogen-bond acceptors (Lipinski definition) is 6. The molecule has 1 aromatic rings. The van der Waals surface area contributed by atoms with Crippen molar-refractivity contribution >= 4 is 35.6 Å². The summed E-state index contributed by atoms with van der Waals surface area (Å²) in [5.41, 5.74) is 10.8. The predicted octanol–water partition coefficient (Wildman–Crippen LogP) is 0.526. The monoisotopic (exact) mass is 371 g/mol. The molecule has 1 aliphatic heterocycles. The fourth-order valence-corrected chi connectivity index (χ4v) is 2.78. The number of nitro groups is 1. The average Bonchev–Trinajstić information content (AvgIpc) is 2.59. The Hall–Kier alpha value is -2.39. The lowest BCUT2D eigenvalue weighted by Crippen LogP contribution is -2.46. The summed E-state index contributed by atoms with van der Waals surface area (Å²) in [6.07, 6.45) is 1.37. The normalized spacial score (nSPS) is 16.7. The Kier molecular flexibility index (Phi) is 7.59. The zero-order valence-electron chi connectivity index (χ0n) is 13.6. The first-order chi connectivity index (χ1) is 11.5. The Morgan fingerprint density at radius 1 is 1.40 bits per heavy atom. The van der Waals surface area contributed by atoms with Gasteiger partial charge in [-0.05, 0) is 18.9 Å². The Morgan fingerprint density at radius 3 is 2.76 bits per heavy atom. The number of benzene rings is 1. The molecule has 25 heavy (non-hydrogen) atoms. The van der Waals surface area contributed by atoms with Crippen LogP contribution in [-0.2, 0) is 4.79 Å². The van der Waals surface area contributed by atoms with Crippen LogP contribution in [0.2, 0.25) is 0 Å². The van der Waals surface area contributed by atoms with Crippen LogP contribution in [0, 0.1) is 16.0 Å². The highest BCUT2D eigenvalue weighted by Crippen LogP contribution is 2.27. The standard InChI is InChI=1S/C15H21N5O4.ClH/c16-6-7-18-14(21)10-3-2-8-19(9-10)15(22)11-4-1-5-12(13(11)17)20(23)24;/h1,4-5,10H,2-3,6-9,16-17H2,(H,18,21);1H. The van der Waals surface area contributed by atoms with Gasteiger partial charge >= 0.3 is 0 Å². The van der Waals surface area contributed by atoms with Gasteiger partial charge in [0.1, 0.15) is 5.69 Å². The molecular weight excluding hydrogens is 350 g/mol. The lowest BCUT2D eigenvalue weighted by molar-refractivity contribution is -0.383. The maximum Gasteiger partial charge on any atom is 0.292 e. The van der Waals surface area contributed by atoms with Crippen LogP contribution in [0.3, 0.4) is 0 Å². The molecule has 2 rings (SSSR count). The molecule has 0 bridgehead atoms. The van der Waals surface area contributed by atoms with Gasteiger partial charge in [-0.15, -0.1) is 12.4 Å². The smallest absolute Gasteiger partial charge is 0.292 e. The Balaban J connectivity index is 0.00000312. The molecule has 2 amide bonds. The van der Waals surface area contributed by atoms with Gasteiger partial charge in [0.05, 0.1) is 16.4 Å². The molecule has 0 spiro atoms. The van der Waals surface area contributed by atoms with Gasteiger partial charge in [-0.1, -0.05) is 6.07 Å². The second kappa shape index (κ2) is 9.19. The van der Waals surface area contributed by atoms with E-state index in [9.17, 15) is 19.7 Å². The third-order valence-corrected chi connectivity index (χ3v) is 4.03. The molecule has 0 aliphatic carbocycles. The first-order valence-corrected chi connectivity index (χ1v) is 7.75. The first kappa shape index (κ1) is 20.7. The van der Waals surface area contributed by atoms with E-state index in [0.29, 0.717) is 32.5 Å². The zero-order valence-corrected chi connectivity index (χ0v) is 14.5. The maximum atomic E-state index is 12.6. The number of carbonyl (C=O) groups excluding carboxylic acids is 2. The molecule has 9 nitrogen and oxygen atoms in total. The largest absolute Gasteiger partial charge is 0.393 e. The summed E-state index contributed by atoms with van der Waals surface area (Å²) in [4.78, 5) is 36.6. The van der Waals surface area contributed by atoms with Gasteiger partial charge in [0.2, 0.25) is 5.91 Å². The SMILES string of the molecule is Cl.NCCNC(=O)C1CCCN(C(=O)c2cccc([N+](=O)[O-])c2N)C1. The number of amides is 2. The molecule has 1 aliphatic rings. The van der Waals surface area contributed by atoms with E-state index in [4.69, 9.17) is 11.5 Å². The van der Waals surface area contributed by atoms with E-state index in [2.05, 4.69) is 5.32 Å². The maximum absolute atomic E-state index is 12.6. The van der Waals surface area contributed by atoms with Gasteiger partial charge in [0, 0.05) is 32.2 Å². The number of halogens is 1. The van der Waals surface area contributed by atoms with Crippen LogP contribution in [0.5, 0.6) is 0 Å². The average molecular weight is 372 g/mol. The highest BCUT2D eigenvalue weighted by Gasteiger charge is 2.30. The van der Waals surface area contributed by atoms with Gasteiger partial charge < -0.3 is 21.7 Å². The number of nitrogens with zero attached hydrogens (tertiary/aromatic N) is 2. The summed E-state index contributed by atoms with van der Waals surface area (Å²) in [6.45, 7) is 1.49. The summed E-state index contributed by atoms with van der Waals surface area (Å²) < 4.78 is 0. The number of piperidine rings is 1. The van der Waals surface area contributed by atoms with Crippen molar-refractivity contribution in [2.24, 2.45) is 11.7 Å². The van der Waals surface area contributed by atoms with Crippen molar-refractivity contribution in [1.29, 1.82) is 0 Å². The van der Waals surface area contributed by atoms with Crippen LogP contribution in [0.25, 0.3) is 0 Å². The summed E-state index contributed by atoms with van der Waals surface area (Å²) >= 11 is 0. The third-order valence-electron chi connectivity index (χ3n) is 4.03. The van der Waals surface area contributed by atoms with Crippen molar-refractivity contribution in [3.8, 4) is 0 Å². The molecule has 1 fully saturated rings. The van der Waals surface area contributed by atoms with E-state index >= 15 is 0 Å². The minimum Gasteiger partial charge on any atom is -0.393 e. The van der Waals surface area contributed by atoms with E-state index in [-0.39, 0.29) is 47.7 Å². The van der Waals surface area contributed by atoms with Crippen molar-refractivity contribution in [1.82, 2.24) is 10.2 Å². The van der Waals surface area contributed by atoms with E-state index in [0.717, 1.165) is 0 Å². The molecule has 1 saturated heterocycles. The quantitative estimate of drug-likeness (QED) is 0.391. The number of nitrogens with two attached hydrogens (primary N) is 2. The van der Waals surface area contributed by atoms with Gasteiger partial charge in [-0.2, -0.15) is 0 Å². The minimum absolute atomic E-state index is 0. The Bertz CT molecular complexity index is 655. The Morgan fingerprint density at radius 2 is 2.12 bits per heavy atom. The van der Waals surface area contributed by atoms with Crippen LogP contribution in [0.1, 0.15) is 23.2 Å². The van der Waals surface area contributed by atoms with Crippen molar-refractivity contribution in [2.45, 2.75) is 12.8 Å². The fraction of sp³-hybridized carbons (Fsp3) is 0.467. The molecular formula is C15H22ClN5O4. The molecule has 0 radical (unpaired) electrons. The number of carbonyl (C=O) groups is 2. The molecule has 1 heterocycles. The van der Waals surface area contributed by atoms with Crippen LogP contribution in [0.15, 0.2) is 18.2 Å². The van der Waals surface area contributed by atoms with E-state index in [1.807, 2.05) is 0 Å². The van der Waals surface area contributed by atoms with Crippen LogP contribution in [-0.4, -0.2) is 47.8 Å². The molecule has 1 aromatic carbocycles. The number of rotatable bonds is 5. The molecule has 0 saturated carbocycles. The number of anilines is 1. The lowest BCUT2D eigenvalue weighted by Gasteiger charge is -2.32. The summed E-state index contributed by atoms with van der Waals surface area (Å²) in [5.74, 6) is -0.841. The number of nitrogens with one attached hydrogen (secondary N) is 1. The van der Waals surface area contributed by atoms with Gasteiger partial charge in [-0.25, -0.2) is 0 Å². The van der Waals surface area contributed by atoms with Gasteiger partial charge in [0.15, 0.2) is 0 Å². The van der Waals surface area contributed by atoms with Gasteiger partial charge in [0.25, 0.3) is 11.6 Å². The number of likely N-dealkylation sites (tertiary alicyclic amines) is 1. The van der Waals surface area contributed by atoms with Crippen molar-refractivity contribution in [2.75, 3.05) is 31.9 Å². The van der Waals surface area contributed by atoms with Gasteiger partial charge in [-0.3, -0.25) is 19.7 Å². The van der Waals surface area contributed by atoms with Crippen LogP contribution >= 0.6 is 12.4 Å². The summed E-state index contributed by atoms with van der Waals surface area (Å²) in [7, 11) is 0. The predicted molar refractivity (Wildman–Crippen MR) is 95.4 cm³/mol. The lowest BCUT2D eigenvalue weighted by atomic mass is 9.96. The summed E-state index contributed by atoms with van der Waals surface area (Å²) in [5, 5.41) is 13.7. The molecule has 0 aromatic heterocycles. The topological polar surface area (TPSA) is 145 Å². The Labute approximate surface area is 151 Å². The summed E-state index contributed by atoms with van der Waals surface area (Å²) in [6, 6.07) is 4.14. The second-order valence-electron chi connectivity index (χ2n) is 5.67. The molecule has 5 N–H and O–H groups in total. The number of nitrogen functional groups attached to an aromatic ring is 1. The third kappa shape index (κ3) is 4.80. The highest BCUT2D eigenvalue weighted by molar-refractivity contribution is 6.01. The zero-order chi connectivity index (χ0) is 17.7. The molecule has 138 valence electrons.